The molecular weight excluding hydrogens is 209 g/mol. The zero-order valence-electron chi connectivity index (χ0n) is 7.38. The van der Waals surface area contributed by atoms with E-state index in [0.717, 1.165) is 0 Å². The fraction of sp³-hybridized carbons (Fsp3) is 0.857. The molecule has 0 heterocycles. The number of hydrogen-bond donors (Lipinski definition) is 4. The molecule has 0 aromatic heterocycles. The van der Waals surface area contributed by atoms with Gasteiger partial charge in [-0.3, -0.25) is 9.36 Å². The summed E-state index contributed by atoms with van der Waals surface area (Å²) in [5.41, 5.74) is 4.89. The highest BCUT2D eigenvalue weighted by Crippen LogP contribution is 2.81. The van der Waals surface area contributed by atoms with E-state index in [1.54, 1.807) is 0 Å². The first-order chi connectivity index (χ1) is 6.23. The van der Waals surface area contributed by atoms with Gasteiger partial charge >= 0.3 is 13.6 Å². The molecule has 1 atom stereocenters. The maximum absolute atomic E-state index is 11.0. The van der Waals surface area contributed by atoms with E-state index >= 15 is 0 Å². The zero-order chi connectivity index (χ0) is 10.8. The summed E-state index contributed by atoms with van der Waals surface area (Å²) in [4.78, 5) is 28.6. The monoisotopic (exact) mass is 221 g/mol. The first kappa shape index (κ1) is 10.1. The molecule has 5 N–H and O–H groups in total. The molecule has 0 aliphatic heterocycles. The zero-order valence-corrected chi connectivity index (χ0v) is 8.28. The summed E-state index contributed by atoms with van der Waals surface area (Å²) in [6.07, 6.45) is 0.743. The second-order valence-corrected chi connectivity index (χ2v) is 6.51. The van der Waals surface area contributed by atoms with Crippen molar-refractivity contribution in [3.8, 4) is 0 Å². The summed E-state index contributed by atoms with van der Waals surface area (Å²) in [7, 11) is -4.08. The Kier molecular flexibility index (Phi) is 1.72. The van der Waals surface area contributed by atoms with E-state index in [4.69, 9.17) is 20.6 Å². The lowest BCUT2D eigenvalue weighted by molar-refractivity contribution is -0.161. The van der Waals surface area contributed by atoms with Crippen LogP contribution in [-0.2, 0) is 9.36 Å². The van der Waals surface area contributed by atoms with Gasteiger partial charge in [0.1, 0.15) is 6.04 Å². The fourth-order valence-corrected chi connectivity index (χ4v) is 4.27. The van der Waals surface area contributed by atoms with Gasteiger partial charge in [-0.05, 0) is 24.7 Å². The Morgan fingerprint density at radius 3 is 2.07 bits per heavy atom. The third-order valence-electron chi connectivity index (χ3n) is 3.59. The number of carboxylic acids is 1. The van der Waals surface area contributed by atoms with E-state index in [1.165, 1.54) is 0 Å². The van der Waals surface area contributed by atoms with Crippen molar-refractivity contribution in [3.05, 3.63) is 0 Å². The highest BCUT2D eigenvalue weighted by Gasteiger charge is 2.77. The van der Waals surface area contributed by atoms with E-state index in [2.05, 4.69) is 0 Å². The SMILES string of the molecule is N[C@@H](C(=O)O)C12CC(P(=O)(O)O)(C1)C2. The smallest absolute Gasteiger partial charge is 0.331 e. The van der Waals surface area contributed by atoms with Crippen molar-refractivity contribution >= 4 is 13.6 Å². The molecule has 3 aliphatic rings. The lowest BCUT2D eigenvalue weighted by Gasteiger charge is -2.71. The molecule has 14 heavy (non-hydrogen) atoms. The summed E-state index contributed by atoms with van der Waals surface area (Å²) in [6, 6.07) is -0.990. The number of hydrogen-bond acceptors (Lipinski definition) is 3. The van der Waals surface area contributed by atoms with Crippen LogP contribution >= 0.6 is 7.60 Å². The molecular formula is C7H12NO5P. The van der Waals surface area contributed by atoms with Crippen LogP contribution in [0.5, 0.6) is 0 Å². The van der Waals surface area contributed by atoms with Crippen LogP contribution in [0.25, 0.3) is 0 Å². The van der Waals surface area contributed by atoms with Crippen LogP contribution in [0.2, 0.25) is 0 Å². The van der Waals surface area contributed by atoms with Gasteiger partial charge in [-0.1, -0.05) is 0 Å². The minimum atomic E-state index is -4.08. The summed E-state index contributed by atoms with van der Waals surface area (Å²) in [5, 5.41) is 7.73. The molecule has 0 unspecified atom stereocenters. The number of aliphatic carboxylic acids is 1. The lowest BCUT2D eigenvalue weighted by atomic mass is 9.41. The van der Waals surface area contributed by atoms with E-state index in [0.29, 0.717) is 0 Å². The molecule has 3 aliphatic carbocycles. The molecule has 0 saturated heterocycles. The number of nitrogens with two attached hydrogens (primary N) is 1. The van der Waals surface area contributed by atoms with Crippen molar-refractivity contribution in [1.82, 2.24) is 0 Å². The quantitative estimate of drug-likeness (QED) is 0.476. The van der Waals surface area contributed by atoms with Gasteiger partial charge in [0.2, 0.25) is 0 Å². The molecule has 6 nitrogen and oxygen atoms in total. The predicted molar refractivity (Wildman–Crippen MR) is 46.7 cm³/mol. The average Bonchev–Trinajstić information content (AvgIpc) is 1.76. The minimum Gasteiger partial charge on any atom is -0.480 e. The first-order valence-electron chi connectivity index (χ1n) is 4.27. The van der Waals surface area contributed by atoms with E-state index in [9.17, 15) is 9.36 Å². The van der Waals surface area contributed by atoms with Crippen molar-refractivity contribution in [3.63, 3.8) is 0 Å². The average molecular weight is 221 g/mol. The van der Waals surface area contributed by atoms with Gasteiger partial charge in [-0.2, -0.15) is 0 Å². The third-order valence-corrected chi connectivity index (χ3v) is 5.30. The maximum Gasteiger partial charge on any atom is 0.331 e. The number of carboxylic acid groups (broad SMARTS) is 1. The molecule has 0 spiro atoms. The van der Waals surface area contributed by atoms with Crippen LogP contribution < -0.4 is 5.73 Å². The summed E-state index contributed by atoms with van der Waals surface area (Å²) < 4.78 is 11.0. The number of carbonyl (C=O) groups is 1. The standard InChI is InChI=1S/C7H12NO5P/c8-4(5(9)10)6-1-7(2-6,3-6)14(11,12)13/h4H,1-3,8H2,(H,9,10)(H2,11,12,13)/t4-,6?,7?/m0/s1. The molecule has 7 heteroatoms. The molecule has 2 bridgehead atoms. The van der Waals surface area contributed by atoms with Crippen molar-refractivity contribution in [2.45, 2.75) is 30.5 Å². The normalized spacial score (nSPS) is 42.2. The Labute approximate surface area is 80.3 Å². The molecule has 3 saturated carbocycles. The highest BCUT2D eigenvalue weighted by molar-refractivity contribution is 7.53. The largest absolute Gasteiger partial charge is 0.480 e. The summed E-state index contributed by atoms with van der Waals surface area (Å²) in [5.74, 6) is -1.09. The van der Waals surface area contributed by atoms with E-state index < -0.39 is 30.2 Å². The third kappa shape index (κ3) is 0.969. The van der Waals surface area contributed by atoms with Crippen molar-refractivity contribution in [1.29, 1.82) is 0 Å². The first-order valence-corrected chi connectivity index (χ1v) is 5.88. The van der Waals surface area contributed by atoms with Crippen molar-refractivity contribution < 1.29 is 24.3 Å². The van der Waals surface area contributed by atoms with Gasteiger partial charge in [-0.15, -0.1) is 0 Å². The molecule has 0 aromatic rings. The second kappa shape index (κ2) is 2.39. The van der Waals surface area contributed by atoms with Gasteiger partial charge in [-0.25, -0.2) is 0 Å². The molecule has 3 rings (SSSR count). The molecule has 80 valence electrons. The Morgan fingerprint density at radius 1 is 1.36 bits per heavy atom. The topological polar surface area (TPSA) is 121 Å². The van der Waals surface area contributed by atoms with Crippen LogP contribution in [0.4, 0.5) is 0 Å². The Balaban J connectivity index is 2.08. The molecule has 0 amide bonds. The maximum atomic E-state index is 11.0. The van der Waals surface area contributed by atoms with Crippen LogP contribution in [0.1, 0.15) is 19.3 Å². The van der Waals surface area contributed by atoms with Crippen LogP contribution in [0.15, 0.2) is 0 Å². The van der Waals surface area contributed by atoms with Crippen molar-refractivity contribution in [2.75, 3.05) is 0 Å². The van der Waals surface area contributed by atoms with Crippen LogP contribution in [0.3, 0.4) is 0 Å². The van der Waals surface area contributed by atoms with Gasteiger partial charge in [0, 0.05) is 0 Å². The van der Waals surface area contributed by atoms with Gasteiger partial charge < -0.3 is 20.6 Å². The predicted octanol–water partition coefficient (Wildman–Crippen LogP) is -0.501. The molecule has 0 radical (unpaired) electrons. The Bertz CT molecular complexity index is 328. The van der Waals surface area contributed by atoms with Gasteiger partial charge in [0.15, 0.2) is 0 Å². The van der Waals surface area contributed by atoms with Crippen LogP contribution in [0, 0.1) is 5.41 Å². The van der Waals surface area contributed by atoms with Gasteiger partial charge in [0.25, 0.3) is 0 Å². The Hall–Kier alpha value is -0.420. The Morgan fingerprint density at radius 2 is 1.79 bits per heavy atom. The van der Waals surface area contributed by atoms with E-state index in [1.807, 2.05) is 0 Å². The molecule has 3 fully saturated rings. The fourth-order valence-electron chi connectivity index (χ4n) is 2.71. The summed E-state index contributed by atoms with van der Waals surface area (Å²) >= 11 is 0. The lowest BCUT2D eigenvalue weighted by Crippen LogP contribution is -2.73. The summed E-state index contributed by atoms with van der Waals surface area (Å²) in [6.45, 7) is 0. The van der Waals surface area contributed by atoms with Crippen molar-refractivity contribution in [2.24, 2.45) is 11.1 Å². The van der Waals surface area contributed by atoms with Gasteiger partial charge in [0.05, 0.1) is 5.16 Å². The molecule has 0 aromatic carbocycles. The second-order valence-electron chi connectivity index (χ2n) is 4.48. The minimum absolute atomic E-state index is 0.248. The van der Waals surface area contributed by atoms with E-state index in [-0.39, 0.29) is 19.3 Å². The highest BCUT2D eigenvalue weighted by atomic mass is 31.2. The number of rotatable bonds is 3. The van der Waals surface area contributed by atoms with Crippen LogP contribution in [-0.4, -0.2) is 32.1 Å².